The van der Waals surface area contributed by atoms with Crippen molar-refractivity contribution < 1.29 is 17.9 Å². The van der Waals surface area contributed by atoms with E-state index in [0.717, 1.165) is 0 Å². The van der Waals surface area contributed by atoms with E-state index in [1.807, 2.05) is 6.92 Å². The van der Waals surface area contributed by atoms with E-state index < -0.39 is 10.0 Å². The molecule has 3 rings (SSSR count). The number of fused-ring (bicyclic) bond motifs is 1. The molecule has 0 radical (unpaired) electrons. The fourth-order valence-electron chi connectivity index (χ4n) is 2.56. The van der Waals surface area contributed by atoms with Crippen LogP contribution < -0.4 is 14.8 Å². The van der Waals surface area contributed by atoms with Crippen LogP contribution in [-0.4, -0.2) is 45.2 Å². The average molecular weight is 298 g/mol. The molecule has 1 saturated heterocycles. The van der Waals surface area contributed by atoms with Crippen LogP contribution in [-0.2, 0) is 10.0 Å². The molecule has 1 N–H and O–H groups in total. The second-order valence-corrected chi connectivity index (χ2v) is 7.10. The normalized spacial score (nSPS) is 23.0. The minimum absolute atomic E-state index is 0.142. The summed E-state index contributed by atoms with van der Waals surface area (Å²) >= 11 is 0. The third kappa shape index (κ3) is 2.25. The van der Waals surface area contributed by atoms with Crippen molar-refractivity contribution in [3.8, 4) is 11.5 Å². The SMILES string of the molecule is Cc1cc2c(cc1S(=O)(=O)N1CCNC(C)C1)OCO2. The molecule has 2 heterocycles. The van der Waals surface area contributed by atoms with Crippen LogP contribution in [0.1, 0.15) is 12.5 Å². The summed E-state index contributed by atoms with van der Waals surface area (Å²) in [7, 11) is -3.49. The van der Waals surface area contributed by atoms with Crippen LogP contribution in [0.5, 0.6) is 11.5 Å². The summed E-state index contributed by atoms with van der Waals surface area (Å²) in [5.74, 6) is 1.10. The van der Waals surface area contributed by atoms with Crippen LogP contribution in [0.25, 0.3) is 0 Å². The molecule has 1 unspecified atom stereocenters. The van der Waals surface area contributed by atoms with Gasteiger partial charge in [-0.3, -0.25) is 0 Å². The van der Waals surface area contributed by atoms with Gasteiger partial charge in [-0.1, -0.05) is 0 Å². The molecule has 0 amide bonds. The number of nitrogens with one attached hydrogen (secondary N) is 1. The maximum atomic E-state index is 12.8. The first kappa shape index (κ1) is 13.7. The van der Waals surface area contributed by atoms with Crippen LogP contribution >= 0.6 is 0 Å². The third-order valence-electron chi connectivity index (χ3n) is 3.62. The van der Waals surface area contributed by atoms with Crippen molar-refractivity contribution in [2.45, 2.75) is 24.8 Å². The summed E-state index contributed by atoms with van der Waals surface area (Å²) in [5.41, 5.74) is 0.681. The molecule has 1 aromatic rings. The Morgan fingerprint density at radius 2 is 2.00 bits per heavy atom. The molecule has 0 aromatic heterocycles. The predicted octanol–water partition coefficient (Wildman–Crippen LogP) is 0.706. The van der Waals surface area contributed by atoms with Gasteiger partial charge in [-0.15, -0.1) is 0 Å². The number of rotatable bonds is 2. The van der Waals surface area contributed by atoms with Gasteiger partial charge in [0, 0.05) is 31.7 Å². The highest BCUT2D eigenvalue weighted by molar-refractivity contribution is 7.89. The number of sulfonamides is 1. The first-order chi connectivity index (χ1) is 9.48. The zero-order chi connectivity index (χ0) is 14.3. The fourth-order valence-corrected chi connectivity index (χ4v) is 4.31. The Kier molecular flexibility index (Phi) is 3.35. The minimum atomic E-state index is -3.49. The molecule has 0 bridgehead atoms. The second kappa shape index (κ2) is 4.91. The Balaban J connectivity index is 1.99. The van der Waals surface area contributed by atoms with Crippen molar-refractivity contribution in [1.82, 2.24) is 9.62 Å². The van der Waals surface area contributed by atoms with E-state index in [4.69, 9.17) is 9.47 Å². The molecule has 20 heavy (non-hydrogen) atoms. The molecule has 0 spiro atoms. The number of aryl methyl sites for hydroxylation is 1. The predicted molar refractivity (Wildman–Crippen MR) is 73.5 cm³/mol. The number of nitrogens with zero attached hydrogens (tertiary/aromatic N) is 1. The summed E-state index contributed by atoms with van der Waals surface area (Å²) < 4.78 is 37.6. The molecule has 1 fully saturated rings. The van der Waals surface area contributed by atoms with Crippen molar-refractivity contribution in [1.29, 1.82) is 0 Å². The van der Waals surface area contributed by atoms with Crippen molar-refractivity contribution in [2.24, 2.45) is 0 Å². The summed E-state index contributed by atoms with van der Waals surface area (Å²) in [6.07, 6.45) is 0. The van der Waals surface area contributed by atoms with E-state index in [9.17, 15) is 8.42 Å². The summed E-state index contributed by atoms with van der Waals surface area (Å²) in [6, 6.07) is 3.45. The van der Waals surface area contributed by atoms with E-state index in [-0.39, 0.29) is 12.8 Å². The minimum Gasteiger partial charge on any atom is -0.454 e. The second-order valence-electron chi connectivity index (χ2n) is 5.19. The number of ether oxygens (including phenoxy) is 2. The maximum absolute atomic E-state index is 12.8. The number of hydrogen-bond donors (Lipinski definition) is 1. The van der Waals surface area contributed by atoms with Gasteiger partial charge in [0.2, 0.25) is 16.8 Å². The molecular weight excluding hydrogens is 280 g/mol. The van der Waals surface area contributed by atoms with Gasteiger partial charge in [-0.25, -0.2) is 8.42 Å². The maximum Gasteiger partial charge on any atom is 0.243 e. The Hall–Kier alpha value is -1.31. The highest BCUT2D eigenvalue weighted by atomic mass is 32.2. The van der Waals surface area contributed by atoms with Crippen LogP contribution in [0.3, 0.4) is 0 Å². The van der Waals surface area contributed by atoms with Gasteiger partial charge >= 0.3 is 0 Å². The van der Waals surface area contributed by atoms with E-state index in [2.05, 4.69) is 5.32 Å². The summed E-state index contributed by atoms with van der Waals surface area (Å²) in [4.78, 5) is 0.302. The van der Waals surface area contributed by atoms with Gasteiger partial charge in [0.15, 0.2) is 11.5 Å². The summed E-state index contributed by atoms with van der Waals surface area (Å²) in [5, 5.41) is 3.24. The Morgan fingerprint density at radius 1 is 1.30 bits per heavy atom. The molecule has 0 saturated carbocycles. The molecule has 1 atom stereocenters. The van der Waals surface area contributed by atoms with Crippen LogP contribution in [0.4, 0.5) is 0 Å². The van der Waals surface area contributed by atoms with E-state index in [1.165, 1.54) is 4.31 Å². The lowest BCUT2D eigenvalue weighted by atomic mass is 10.2. The van der Waals surface area contributed by atoms with E-state index >= 15 is 0 Å². The highest BCUT2D eigenvalue weighted by Gasteiger charge is 2.31. The first-order valence-electron chi connectivity index (χ1n) is 6.62. The van der Waals surface area contributed by atoms with Crippen molar-refractivity contribution in [3.05, 3.63) is 17.7 Å². The van der Waals surface area contributed by atoms with Gasteiger partial charge in [0.25, 0.3) is 0 Å². The fraction of sp³-hybridized carbons (Fsp3) is 0.538. The lowest BCUT2D eigenvalue weighted by Crippen LogP contribution is -2.51. The monoisotopic (exact) mass is 298 g/mol. The lowest BCUT2D eigenvalue weighted by Gasteiger charge is -2.31. The first-order valence-corrected chi connectivity index (χ1v) is 8.06. The van der Waals surface area contributed by atoms with E-state index in [0.29, 0.717) is 41.6 Å². The number of piperazine rings is 1. The molecular formula is C13H18N2O4S. The molecule has 6 nitrogen and oxygen atoms in total. The van der Waals surface area contributed by atoms with Crippen molar-refractivity contribution in [3.63, 3.8) is 0 Å². The van der Waals surface area contributed by atoms with Gasteiger partial charge in [-0.05, 0) is 25.5 Å². The Morgan fingerprint density at radius 3 is 2.70 bits per heavy atom. The standard InChI is InChI=1S/C13H18N2O4S/c1-9-5-11-12(19-8-18-11)6-13(9)20(16,17)15-4-3-14-10(2)7-15/h5-6,10,14H,3-4,7-8H2,1-2H3. The van der Waals surface area contributed by atoms with Crippen LogP contribution in [0.15, 0.2) is 17.0 Å². The third-order valence-corrected chi connectivity index (χ3v) is 5.63. The molecule has 110 valence electrons. The quantitative estimate of drug-likeness (QED) is 0.871. The van der Waals surface area contributed by atoms with Crippen molar-refractivity contribution in [2.75, 3.05) is 26.4 Å². The molecule has 2 aliphatic rings. The zero-order valence-corrected chi connectivity index (χ0v) is 12.4. The smallest absolute Gasteiger partial charge is 0.243 e. The van der Waals surface area contributed by atoms with Gasteiger partial charge in [0.1, 0.15) is 0 Å². The van der Waals surface area contributed by atoms with E-state index in [1.54, 1.807) is 19.1 Å². The molecule has 7 heteroatoms. The topological polar surface area (TPSA) is 67.9 Å². The average Bonchev–Trinajstić information content (AvgIpc) is 2.84. The summed E-state index contributed by atoms with van der Waals surface area (Å²) in [6.45, 7) is 5.54. The molecule has 0 aliphatic carbocycles. The highest BCUT2D eigenvalue weighted by Crippen LogP contribution is 2.37. The molecule has 2 aliphatic heterocycles. The van der Waals surface area contributed by atoms with Gasteiger partial charge in [0.05, 0.1) is 4.90 Å². The largest absolute Gasteiger partial charge is 0.454 e. The van der Waals surface area contributed by atoms with Crippen molar-refractivity contribution >= 4 is 10.0 Å². The number of hydrogen-bond acceptors (Lipinski definition) is 5. The Labute approximate surface area is 118 Å². The lowest BCUT2D eigenvalue weighted by molar-refractivity contribution is 0.174. The Bertz CT molecular complexity index is 630. The van der Waals surface area contributed by atoms with Gasteiger partial charge in [-0.2, -0.15) is 4.31 Å². The van der Waals surface area contributed by atoms with Crippen LogP contribution in [0.2, 0.25) is 0 Å². The van der Waals surface area contributed by atoms with Crippen LogP contribution in [0, 0.1) is 6.92 Å². The van der Waals surface area contributed by atoms with Gasteiger partial charge < -0.3 is 14.8 Å². The zero-order valence-electron chi connectivity index (χ0n) is 11.5. The molecule has 1 aromatic carbocycles. The number of benzene rings is 1.